The molecule has 0 atom stereocenters. The van der Waals surface area contributed by atoms with Crippen molar-refractivity contribution < 1.29 is 13.6 Å². The van der Waals surface area contributed by atoms with Crippen LogP contribution in [0.2, 0.25) is 0 Å². The average Bonchev–Trinajstić information content (AvgIpc) is 2.95. The summed E-state index contributed by atoms with van der Waals surface area (Å²) in [5.74, 6) is -0.586. The molecule has 1 heterocycles. The number of nitrogens with zero attached hydrogens (tertiary/aromatic N) is 3. The number of aryl methyl sites for hydroxylation is 1. The fourth-order valence-electron chi connectivity index (χ4n) is 2.69. The Morgan fingerprint density at radius 1 is 1.24 bits per heavy atom. The van der Waals surface area contributed by atoms with Crippen LogP contribution in [0.4, 0.5) is 19.3 Å². The fraction of sp³-hybridized carbons (Fsp3) is 0.222. The van der Waals surface area contributed by atoms with E-state index in [4.69, 9.17) is 0 Å². The summed E-state index contributed by atoms with van der Waals surface area (Å²) in [6.45, 7) is 2.95. The van der Waals surface area contributed by atoms with Crippen molar-refractivity contribution in [2.45, 2.75) is 20.0 Å². The van der Waals surface area contributed by atoms with Gasteiger partial charge in [-0.15, -0.1) is 0 Å². The van der Waals surface area contributed by atoms with Crippen molar-refractivity contribution in [3.63, 3.8) is 0 Å². The number of para-hydroxylation sites is 2. The molecule has 5 nitrogen and oxygen atoms in total. The number of imidazole rings is 1. The second-order valence-electron chi connectivity index (χ2n) is 5.67. The molecule has 2 amide bonds. The summed E-state index contributed by atoms with van der Waals surface area (Å²) in [4.78, 5) is 18.2. The first kappa shape index (κ1) is 16.9. The quantitative estimate of drug-likeness (QED) is 0.778. The molecule has 0 saturated heterocycles. The highest BCUT2D eigenvalue weighted by atomic mass is 19.1. The van der Waals surface area contributed by atoms with E-state index < -0.39 is 17.7 Å². The van der Waals surface area contributed by atoms with Gasteiger partial charge in [0, 0.05) is 19.7 Å². The molecule has 0 aliphatic heterocycles. The Kier molecular flexibility index (Phi) is 4.65. The highest BCUT2D eigenvalue weighted by Gasteiger charge is 2.16. The number of benzene rings is 2. The van der Waals surface area contributed by atoms with Gasteiger partial charge >= 0.3 is 6.03 Å². The molecule has 0 saturated carbocycles. The van der Waals surface area contributed by atoms with Gasteiger partial charge in [0.1, 0.15) is 17.5 Å². The summed E-state index contributed by atoms with van der Waals surface area (Å²) >= 11 is 0. The lowest BCUT2D eigenvalue weighted by Gasteiger charge is -2.18. The maximum Gasteiger partial charge on any atom is 0.322 e. The molecule has 0 aliphatic rings. The van der Waals surface area contributed by atoms with Gasteiger partial charge in [-0.05, 0) is 31.2 Å². The normalized spacial score (nSPS) is 10.9. The summed E-state index contributed by atoms with van der Waals surface area (Å²) in [6, 6.07) is 10.1. The van der Waals surface area contributed by atoms with Crippen LogP contribution in [0.15, 0.2) is 42.5 Å². The molecule has 0 bridgehead atoms. The Morgan fingerprint density at radius 2 is 2.00 bits per heavy atom. The molecule has 25 heavy (non-hydrogen) atoms. The number of halogens is 2. The number of urea groups is 1. The first-order valence-electron chi connectivity index (χ1n) is 7.91. The van der Waals surface area contributed by atoms with E-state index in [-0.39, 0.29) is 12.2 Å². The van der Waals surface area contributed by atoms with E-state index in [0.29, 0.717) is 6.54 Å². The molecule has 2 aromatic carbocycles. The average molecular weight is 344 g/mol. The third-order valence-electron chi connectivity index (χ3n) is 3.95. The first-order chi connectivity index (χ1) is 12.0. The maximum atomic E-state index is 13.7. The number of fused-ring (bicyclic) bond motifs is 1. The van der Waals surface area contributed by atoms with Crippen LogP contribution in [0.5, 0.6) is 0 Å². The second kappa shape index (κ2) is 6.88. The highest BCUT2D eigenvalue weighted by Crippen LogP contribution is 2.18. The van der Waals surface area contributed by atoms with E-state index in [1.54, 1.807) is 7.05 Å². The van der Waals surface area contributed by atoms with Crippen LogP contribution in [0, 0.1) is 11.6 Å². The minimum atomic E-state index is -0.691. The summed E-state index contributed by atoms with van der Waals surface area (Å²) < 4.78 is 28.9. The molecule has 0 spiro atoms. The molecule has 3 rings (SSSR count). The zero-order valence-corrected chi connectivity index (χ0v) is 14.0. The predicted molar refractivity (Wildman–Crippen MR) is 92.3 cm³/mol. The number of hydrogen-bond acceptors (Lipinski definition) is 2. The van der Waals surface area contributed by atoms with Crippen molar-refractivity contribution in [3.8, 4) is 0 Å². The maximum absolute atomic E-state index is 13.7. The monoisotopic (exact) mass is 344 g/mol. The Morgan fingerprint density at radius 3 is 2.76 bits per heavy atom. The Hall–Kier alpha value is -2.96. The van der Waals surface area contributed by atoms with Crippen LogP contribution in [0.3, 0.4) is 0 Å². The van der Waals surface area contributed by atoms with Gasteiger partial charge in [0.25, 0.3) is 0 Å². The Balaban J connectivity index is 1.79. The van der Waals surface area contributed by atoms with E-state index in [1.165, 1.54) is 4.90 Å². The van der Waals surface area contributed by atoms with E-state index in [9.17, 15) is 13.6 Å². The van der Waals surface area contributed by atoms with Crippen LogP contribution in [-0.2, 0) is 13.1 Å². The Labute approximate surface area is 143 Å². The van der Waals surface area contributed by atoms with Crippen molar-refractivity contribution in [1.82, 2.24) is 14.5 Å². The summed E-state index contributed by atoms with van der Waals surface area (Å²) in [5.41, 5.74) is 1.65. The minimum absolute atomic E-state index is 0.194. The lowest BCUT2D eigenvalue weighted by atomic mass is 10.3. The van der Waals surface area contributed by atoms with Crippen molar-refractivity contribution in [2.24, 2.45) is 0 Å². The molecule has 0 radical (unpaired) electrons. The van der Waals surface area contributed by atoms with Gasteiger partial charge < -0.3 is 14.8 Å². The van der Waals surface area contributed by atoms with E-state index in [0.717, 1.165) is 35.1 Å². The summed E-state index contributed by atoms with van der Waals surface area (Å²) in [6.07, 6.45) is 0. The van der Waals surface area contributed by atoms with Gasteiger partial charge in [-0.1, -0.05) is 12.1 Å². The SMILES string of the molecule is CCn1c(CN(C)C(=O)Nc2cc(F)ccc2F)nc2ccccc21. The van der Waals surface area contributed by atoms with Crippen LogP contribution in [-0.4, -0.2) is 27.5 Å². The van der Waals surface area contributed by atoms with Crippen LogP contribution in [0.25, 0.3) is 11.0 Å². The highest BCUT2D eigenvalue weighted by molar-refractivity contribution is 5.89. The van der Waals surface area contributed by atoms with Gasteiger partial charge in [-0.2, -0.15) is 0 Å². The molecule has 0 fully saturated rings. The number of anilines is 1. The lowest BCUT2D eigenvalue weighted by Crippen LogP contribution is -2.32. The number of carbonyl (C=O) groups is 1. The van der Waals surface area contributed by atoms with Crippen LogP contribution in [0.1, 0.15) is 12.7 Å². The number of amides is 2. The van der Waals surface area contributed by atoms with Gasteiger partial charge in [0.2, 0.25) is 0 Å². The van der Waals surface area contributed by atoms with E-state index in [2.05, 4.69) is 10.3 Å². The standard InChI is InChI=1S/C18H18F2N4O/c1-3-24-16-7-5-4-6-14(16)21-17(24)11-23(2)18(25)22-15-10-12(19)8-9-13(15)20/h4-10H,3,11H2,1-2H3,(H,22,25). The molecular weight excluding hydrogens is 326 g/mol. The third-order valence-corrected chi connectivity index (χ3v) is 3.95. The van der Waals surface area contributed by atoms with Gasteiger partial charge in [0.05, 0.1) is 23.3 Å². The predicted octanol–water partition coefficient (Wildman–Crippen LogP) is 4.00. The van der Waals surface area contributed by atoms with Crippen molar-refractivity contribution in [1.29, 1.82) is 0 Å². The smallest absolute Gasteiger partial charge is 0.322 e. The molecule has 1 N–H and O–H groups in total. The zero-order chi connectivity index (χ0) is 18.0. The van der Waals surface area contributed by atoms with Gasteiger partial charge in [0.15, 0.2) is 0 Å². The van der Waals surface area contributed by atoms with E-state index in [1.807, 2.05) is 35.8 Å². The van der Waals surface area contributed by atoms with Gasteiger partial charge in [-0.25, -0.2) is 18.6 Å². The topological polar surface area (TPSA) is 50.2 Å². The van der Waals surface area contributed by atoms with Crippen LogP contribution >= 0.6 is 0 Å². The molecule has 3 aromatic rings. The number of hydrogen-bond donors (Lipinski definition) is 1. The fourth-order valence-corrected chi connectivity index (χ4v) is 2.69. The second-order valence-corrected chi connectivity index (χ2v) is 5.67. The van der Waals surface area contributed by atoms with Crippen molar-refractivity contribution in [3.05, 3.63) is 59.9 Å². The molecule has 0 aliphatic carbocycles. The molecule has 1 aromatic heterocycles. The van der Waals surface area contributed by atoms with Crippen LogP contribution < -0.4 is 5.32 Å². The third kappa shape index (κ3) is 3.45. The van der Waals surface area contributed by atoms with E-state index >= 15 is 0 Å². The van der Waals surface area contributed by atoms with Crippen molar-refractivity contribution in [2.75, 3.05) is 12.4 Å². The molecule has 7 heteroatoms. The lowest BCUT2D eigenvalue weighted by molar-refractivity contribution is 0.219. The number of nitrogens with one attached hydrogen (secondary N) is 1. The zero-order valence-electron chi connectivity index (χ0n) is 14.0. The van der Waals surface area contributed by atoms with Gasteiger partial charge in [-0.3, -0.25) is 0 Å². The largest absolute Gasteiger partial charge is 0.327 e. The summed E-state index contributed by atoms with van der Waals surface area (Å²) in [5, 5.41) is 2.38. The molecule has 0 unspecified atom stereocenters. The van der Waals surface area contributed by atoms with Crippen molar-refractivity contribution >= 4 is 22.8 Å². The number of aromatic nitrogens is 2. The minimum Gasteiger partial charge on any atom is -0.327 e. The molecule has 130 valence electrons. The number of carbonyl (C=O) groups excluding carboxylic acids is 1. The Bertz CT molecular complexity index is 923. The first-order valence-corrected chi connectivity index (χ1v) is 7.91. The molecular formula is C18H18F2N4O. The summed E-state index contributed by atoms with van der Waals surface area (Å²) in [7, 11) is 1.58. The number of rotatable bonds is 4.